The van der Waals surface area contributed by atoms with Crippen LogP contribution in [0.2, 0.25) is 0 Å². The SMILES string of the molecule is O=C(O)CC1CN(C(=O)CN2CCCC2=O)C1. The van der Waals surface area contributed by atoms with Gasteiger partial charge in [-0.05, 0) is 6.42 Å². The maximum Gasteiger partial charge on any atom is 0.303 e. The monoisotopic (exact) mass is 240 g/mol. The van der Waals surface area contributed by atoms with Gasteiger partial charge in [0.2, 0.25) is 11.8 Å². The minimum atomic E-state index is -0.822. The second kappa shape index (κ2) is 4.73. The van der Waals surface area contributed by atoms with E-state index in [4.69, 9.17) is 5.11 Å². The molecule has 0 spiro atoms. The summed E-state index contributed by atoms with van der Waals surface area (Å²) in [5.74, 6) is -0.773. The first-order chi connectivity index (χ1) is 8.06. The third-order valence-electron chi connectivity index (χ3n) is 3.27. The molecule has 0 bridgehead atoms. The second-order valence-electron chi connectivity index (χ2n) is 4.68. The van der Waals surface area contributed by atoms with E-state index >= 15 is 0 Å². The van der Waals surface area contributed by atoms with Gasteiger partial charge in [0.25, 0.3) is 0 Å². The average Bonchev–Trinajstić information content (AvgIpc) is 2.57. The molecule has 2 fully saturated rings. The van der Waals surface area contributed by atoms with E-state index in [0.29, 0.717) is 26.1 Å². The molecule has 2 heterocycles. The summed E-state index contributed by atoms with van der Waals surface area (Å²) in [5, 5.41) is 8.58. The fourth-order valence-electron chi connectivity index (χ4n) is 2.28. The van der Waals surface area contributed by atoms with Crippen molar-refractivity contribution in [1.29, 1.82) is 0 Å². The molecule has 0 radical (unpaired) electrons. The van der Waals surface area contributed by atoms with Gasteiger partial charge in [-0.1, -0.05) is 0 Å². The van der Waals surface area contributed by atoms with E-state index in [0.717, 1.165) is 6.42 Å². The summed E-state index contributed by atoms with van der Waals surface area (Å²) in [6.45, 7) is 1.83. The number of carboxylic acids is 1. The first kappa shape index (κ1) is 11.9. The van der Waals surface area contributed by atoms with Crippen LogP contribution in [0.1, 0.15) is 19.3 Å². The average molecular weight is 240 g/mol. The predicted molar refractivity (Wildman–Crippen MR) is 58.1 cm³/mol. The largest absolute Gasteiger partial charge is 0.481 e. The number of aliphatic carboxylic acids is 1. The Balaban J connectivity index is 1.72. The van der Waals surface area contributed by atoms with E-state index in [1.807, 2.05) is 0 Å². The maximum absolute atomic E-state index is 11.7. The van der Waals surface area contributed by atoms with Crippen LogP contribution in [-0.4, -0.2) is 58.9 Å². The van der Waals surface area contributed by atoms with Crippen molar-refractivity contribution >= 4 is 17.8 Å². The second-order valence-corrected chi connectivity index (χ2v) is 4.68. The van der Waals surface area contributed by atoms with Gasteiger partial charge < -0.3 is 14.9 Å². The number of carbonyl (C=O) groups excluding carboxylic acids is 2. The molecule has 2 rings (SSSR count). The summed E-state index contributed by atoms with van der Waals surface area (Å²) >= 11 is 0. The third kappa shape index (κ3) is 2.75. The minimum absolute atomic E-state index is 0.0426. The van der Waals surface area contributed by atoms with E-state index in [-0.39, 0.29) is 30.7 Å². The lowest BCUT2D eigenvalue weighted by atomic mass is 9.96. The Labute approximate surface area is 99.2 Å². The van der Waals surface area contributed by atoms with Crippen LogP contribution in [0.15, 0.2) is 0 Å². The molecule has 17 heavy (non-hydrogen) atoms. The Bertz CT molecular complexity index is 349. The van der Waals surface area contributed by atoms with Crippen LogP contribution in [0.4, 0.5) is 0 Å². The molecule has 2 saturated heterocycles. The van der Waals surface area contributed by atoms with E-state index in [2.05, 4.69) is 0 Å². The zero-order valence-electron chi connectivity index (χ0n) is 9.59. The number of likely N-dealkylation sites (tertiary alicyclic amines) is 2. The van der Waals surface area contributed by atoms with Crippen LogP contribution in [0.3, 0.4) is 0 Å². The van der Waals surface area contributed by atoms with Gasteiger partial charge in [-0.25, -0.2) is 0 Å². The molecule has 2 aliphatic rings. The van der Waals surface area contributed by atoms with Crippen molar-refractivity contribution in [3.8, 4) is 0 Å². The number of hydrogen-bond acceptors (Lipinski definition) is 3. The molecule has 1 N–H and O–H groups in total. The first-order valence-electron chi connectivity index (χ1n) is 5.83. The molecule has 6 nitrogen and oxygen atoms in total. The highest BCUT2D eigenvalue weighted by Gasteiger charge is 2.33. The summed E-state index contributed by atoms with van der Waals surface area (Å²) in [6.07, 6.45) is 1.48. The Morgan fingerprint density at radius 2 is 2.06 bits per heavy atom. The van der Waals surface area contributed by atoms with E-state index < -0.39 is 5.97 Å². The van der Waals surface area contributed by atoms with Gasteiger partial charge in [0, 0.05) is 32.0 Å². The van der Waals surface area contributed by atoms with E-state index in [9.17, 15) is 14.4 Å². The molecular weight excluding hydrogens is 224 g/mol. The van der Waals surface area contributed by atoms with Crippen LogP contribution in [0.25, 0.3) is 0 Å². The first-order valence-corrected chi connectivity index (χ1v) is 5.83. The Hall–Kier alpha value is -1.59. The molecule has 0 atom stereocenters. The topological polar surface area (TPSA) is 77.9 Å². The van der Waals surface area contributed by atoms with Crippen LogP contribution in [0, 0.1) is 5.92 Å². The van der Waals surface area contributed by atoms with Crippen LogP contribution < -0.4 is 0 Å². The molecule has 0 aromatic rings. The quantitative estimate of drug-likeness (QED) is 0.721. The summed E-state index contributed by atoms with van der Waals surface area (Å²) in [4.78, 5) is 36.7. The molecule has 0 aliphatic carbocycles. The van der Waals surface area contributed by atoms with Gasteiger partial charge in [-0.15, -0.1) is 0 Å². The third-order valence-corrected chi connectivity index (χ3v) is 3.27. The van der Waals surface area contributed by atoms with Gasteiger partial charge in [0.1, 0.15) is 0 Å². The smallest absolute Gasteiger partial charge is 0.303 e. The predicted octanol–water partition coefficient (Wildman–Crippen LogP) is -0.458. The molecular formula is C11H16N2O4. The van der Waals surface area contributed by atoms with Crippen molar-refractivity contribution < 1.29 is 19.5 Å². The number of carboxylic acid groups (broad SMARTS) is 1. The van der Waals surface area contributed by atoms with Crippen molar-refractivity contribution in [3.63, 3.8) is 0 Å². The van der Waals surface area contributed by atoms with E-state index in [1.165, 1.54) is 0 Å². The summed E-state index contributed by atoms with van der Waals surface area (Å²) < 4.78 is 0. The molecule has 0 aromatic carbocycles. The molecule has 0 unspecified atom stereocenters. The molecule has 2 aliphatic heterocycles. The Morgan fingerprint density at radius 3 is 2.59 bits per heavy atom. The fourth-order valence-corrected chi connectivity index (χ4v) is 2.28. The highest BCUT2D eigenvalue weighted by Crippen LogP contribution is 2.20. The van der Waals surface area contributed by atoms with Crippen LogP contribution >= 0.6 is 0 Å². The number of hydrogen-bond donors (Lipinski definition) is 1. The molecule has 0 aromatic heterocycles. The molecule has 2 amide bonds. The number of rotatable bonds is 4. The highest BCUT2D eigenvalue weighted by atomic mass is 16.4. The van der Waals surface area contributed by atoms with Crippen LogP contribution in [-0.2, 0) is 14.4 Å². The van der Waals surface area contributed by atoms with Crippen molar-refractivity contribution in [1.82, 2.24) is 9.80 Å². The van der Waals surface area contributed by atoms with Crippen molar-refractivity contribution in [2.24, 2.45) is 5.92 Å². The van der Waals surface area contributed by atoms with Crippen molar-refractivity contribution in [2.45, 2.75) is 19.3 Å². The number of carbonyl (C=O) groups is 3. The van der Waals surface area contributed by atoms with Gasteiger partial charge in [-0.2, -0.15) is 0 Å². The Morgan fingerprint density at radius 1 is 1.35 bits per heavy atom. The normalized spacial score (nSPS) is 20.6. The van der Waals surface area contributed by atoms with Crippen molar-refractivity contribution in [2.75, 3.05) is 26.2 Å². The zero-order chi connectivity index (χ0) is 12.4. The van der Waals surface area contributed by atoms with Gasteiger partial charge in [0.15, 0.2) is 0 Å². The summed E-state index contributed by atoms with van der Waals surface area (Å²) in [5.41, 5.74) is 0. The molecule has 6 heteroatoms. The number of nitrogens with zero attached hydrogens (tertiary/aromatic N) is 2. The zero-order valence-corrected chi connectivity index (χ0v) is 9.59. The number of amides is 2. The summed E-state index contributed by atoms with van der Waals surface area (Å²) in [7, 11) is 0. The lowest BCUT2D eigenvalue weighted by molar-refractivity contribution is -0.146. The molecule has 94 valence electrons. The fraction of sp³-hybridized carbons (Fsp3) is 0.727. The van der Waals surface area contributed by atoms with Crippen LogP contribution in [0.5, 0.6) is 0 Å². The maximum atomic E-state index is 11.7. The highest BCUT2D eigenvalue weighted by molar-refractivity contribution is 5.86. The lowest BCUT2D eigenvalue weighted by Gasteiger charge is -2.39. The van der Waals surface area contributed by atoms with E-state index in [1.54, 1.807) is 9.80 Å². The van der Waals surface area contributed by atoms with Gasteiger partial charge in [-0.3, -0.25) is 14.4 Å². The van der Waals surface area contributed by atoms with Crippen molar-refractivity contribution in [3.05, 3.63) is 0 Å². The Kier molecular flexibility index (Phi) is 3.31. The van der Waals surface area contributed by atoms with Gasteiger partial charge >= 0.3 is 5.97 Å². The standard InChI is InChI=1S/C11H16N2O4/c14-9-2-1-3-12(9)7-10(15)13-5-8(6-13)4-11(16)17/h8H,1-7H2,(H,16,17). The molecule has 0 saturated carbocycles. The summed E-state index contributed by atoms with van der Waals surface area (Å²) in [6, 6.07) is 0. The lowest BCUT2D eigenvalue weighted by Crippen LogP contribution is -2.53. The minimum Gasteiger partial charge on any atom is -0.481 e. The van der Waals surface area contributed by atoms with Gasteiger partial charge in [0.05, 0.1) is 13.0 Å².